The summed E-state index contributed by atoms with van der Waals surface area (Å²) in [5, 5.41) is 9.24. The molecule has 0 fully saturated rings. The Morgan fingerprint density at radius 1 is 1.45 bits per heavy atom. The molecule has 1 aromatic carbocycles. The molecule has 0 saturated heterocycles. The highest BCUT2D eigenvalue weighted by Crippen LogP contribution is 2.22. The summed E-state index contributed by atoms with van der Waals surface area (Å²) < 4.78 is 10.7. The first-order valence-electron chi connectivity index (χ1n) is 6.72. The quantitative estimate of drug-likeness (QED) is 0.742. The van der Waals surface area contributed by atoms with Gasteiger partial charge >= 0.3 is 5.97 Å². The molecule has 112 valence electrons. The fourth-order valence-electron chi connectivity index (χ4n) is 1.98. The summed E-state index contributed by atoms with van der Waals surface area (Å²) in [4.78, 5) is 11.7. The van der Waals surface area contributed by atoms with Gasteiger partial charge < -0.3 is 20.3 Å². The van der Waals surface area contributed by atoms with Gasteiger partial charge in [0, 0.05) is 12.0 Å². The lowest BCUT2D eigenvalue weighted by Crippen LogP contribution is -2.49. The molecule has 0 amide bonds. The first kappa shape index (κ1) is 16.5. The number of aliphatic hydroxyl groups is 1. The number of hydrogen-bond donors (Lipinski definition) is 2. The van der Waals surface area contributed by atoms with E-state index in [1.54, 1.807) is 26.0 Å². The first-order chi connectivity index (χ1) is 9.40. The predicted molar refractivity (Wildman–Crippen MR) is 76.3 cm³/mol. The van der Waals surface area contributed by atoms with Crippen molar-refractivity contribution in [2.45, 2.75) is 45.4 Å². The molecule has 0 aliphatic heterocycles. The fourth-order valence-corrected chi connectivity index (χ4v) is 1.98. The monoisotopic (exact) mass is 281 g/mol. The number of carbonyl (C=O) groups is 1. The van der Waals surface area contributed by atoms with Crippen LogP contribution in [0.4, 0.5) is 0 Å². The van der Waals surface area contributed by atoms with Crippen molar-refractivity contribution in [2.75, 3.05) is 6.61 Å². The normalized spacial score (nSPS) is 15.2. The summed E-state index contributed by atoms with van der Waals surface area (Å²) in [6.07, 6.45) is 0.0492. The van der Waals surface area contributed by atoms with Crippen LogP contribution in [0.3, 0.4) is 0 Å². The molecule has 0 radical (unpaired) electrons. The van der Waals surface area contributed by atoms with Crippen molar-refractivity contribution in [3.8, 4) is 5.75 Å². The molecule has 1 aromatic rings. The van der Waals surface area contributed by atoms with Crippen LogP contribution in [-0.2, 0) is 16.1 Å². The lowest BCUT2D eigenvalue weighted by Gasteiger charge is -2.26. The smallest absolute Gasteiger partial charge is 0.325 e. The number of rotatable bonds is 7. The molecule has 0 bridgehead atoms. The third-order valence-electron chi connectivity index (χ3n) is 2.92. The van der Waals surface area contributed by atoms with Crippen molar-refractivity contribution >= 4 is 5.97 Å². The Balaban J connectivity index is 2.67. The molecule has 20 heavy (non-hydrogen) atoms. The highest BCUT2D eigenvalue weighted by Gasteiger charge is 2.32. The summed E-state index contributed by atoms with van der Waals surface area (Å²) in [5.41, 5.74) is 5.58. The number of hydrogen-bond acceptors (Lipinski definition) is 5. The van der Waals surface area contributed by atoms with Crippen LogP contribution in [0.2, 0.25) is 0 Å². The van der Waals surface area contributed by atoms with Crippen molar-refractivity contribution in [3.05, 3.63) is 29.8 Å². The Morgan fingerprint density at radius 2 is 2.10 bits per heavy atom. The Labute approximate surface area is 119 Å². The molecular formula is C15H23NO4. The second kappa shape index (κ2) is 7.26. The van der Waals surface area contributed by atoms with E-state index >= 15 is 0 Å². The Morgan fingerprint density at radius 3 is 2.70 bits per heavy atom. The largest absolute Gasteiger partial charge is 0.490 e. The zero-order valence-corrected chi connectivity index (χ0v) is 12.3. The predicted octanol–water partition coefficient (Wildman–Crippen LogP) is 1.62. The lowest BCUT2D eigenvalue weighted by molar-refractivity contribution is -0.149. The number of esters is 1. The van der Waals surface area contributed by atoms with Crippen molar-refractivity contribution in [2.24, 2.45) is 5.73 Å². The second-order valence-corrected chi connectivity index (χ2v) is 5.04. The van der Waals surface area contributed by atoms with Crippen LogP contribution in [0.5, 0.6) is 5.75 Å². The minimum Gasteiger partial charge on any atom is -0.490 e. The van der Waals surface area contributed by atoms with Gasteiger partial charge in [0.1, 0.15) is 11.3 Å². The van der Waals surface area contributed by atoms with Crippen LogP contribution >= 0.6 is 0 Å². The summed E-state index contributed by atoms with van der Waals surface area (Å²) in [7, 11) is 0. The molecule has 0 spiro atoms. The molecular weight excluding hydrogens is 258 g/mol. The molecule has 0 aromatic heterocycles. The van der Waals surface area contributed by atoms with Crippen molar-refractivity contribution in [3.63, 3.8) is 0 Å². The van der Waals surface area contributed by atoms with Gasteiger partial charge in [0.05, 0.1) is 19.3 Å². The maximum atomic E-state index is 11.7. The van der Waals surface area contributed by atoms with Gasteiger partial charge in [-0.25, -0.2) is 0 Å². The molecule has 0 saturated carbocycles. The molecule has 1 rings (SSSR count). The summed E-state index contributed by atoms with van der Waals surface area (Å²) in [6.45, 7) is 5.40. The minimum atomic E-state index is -1.09. The number of aliphatic hydroxyl groups excluding tert-OH is 1. The number of benzene rings is 1. The zero-order valence-electron chi connectivity index (χ0n) is 12.3. The molecule has 5 heteroatoms. The lowest BCUT2D eigenvalue weighted by atomic mass is 9.96. The molecule has 0 aliphatic rings. The second-order valence-electron chi connectivity index (χ2n) is 5.04. The van der Waals surface area contributed by atoms with Crippen LogP contribution in [0.1, 0.15) is 32.8 Å². The number of carbonyl (C=O) groups excluding carboxylic acids is 1. The third kappa shape index (κ3) is 4.51. The van der Waals surface area contributed by atoms with Gasteiger partial charge in [-0.3, -0.25) is 4.79 Å². The number of ether oxygens (including phenoxy) is 2. The topological polar surface area (TPSA) is 81.8 Å². The number of para-hydroxylation sites is 1. The SMILES string of the molecule is CCOC(=O)C(C)(N)CC(C)Oc1ccccc1CO. The zero-order chi connectivity index (χ0) is 15.2. The van der Waals surface area contributed by atoms with Gasteiger partial charge in [0.2, 0.25) is 0 Å². The van der Waals surface area contributed by atoms with E-state index in [1.165, 1.54) is 0 Å². The average molecular weight is 281 g/mol. The van der Waals surface area contributed by atoms with E-state index in [2.05, 4.69) is 0 Å². The Bertz CT molecular complexity index is 445. The van der Waals surface area contributed by atoms with Crippen molar-refractivity contribution in [1.82, 2.24) is 0 Å². The standard InChI is InChI=1S/C15H23NO4/c1-4-19-14(18)15(3,16)9-11(2)20-13-8-6-5-7-12(13)10-17/h5-8,11,17H,4,9-10,16H2,1-3H3. The van der Waals surface area contributed by atoms with Crippen LogP contribution in [0.15, 0.2) is 24.3 Å². The van der Waals surface area contributed by atoms with Gasteiger partial charge in [0.25, 0.3) is 0 Å². The maximum Gasteiger partial charge on any atom is 0.325 e. The Kier molecular flexibility index (Phi) is 5.98. The van der Waals surface area contributed by atoms with Crippen molar-refractivity contribution in [1.29, 1.82) is 0 Å². The fraction of sp³-hybridized carbons (Fsp3) is 0.533. The average Bonchev–Trinajstić information content (AvgIpc) is 2.38. The van der Waals surface area contributed by atoms with E-state index in [1.807, 2.05) is 19.1 Å². The molecule has 0 heterocycles. The van der Waals surface area contributed by atoms with E-state index in [0.29, 0.717) is 24.3 Å². The summed E-state index contributed by atoms with van der Waals surface area (Å²) >= 11 is 0. The van der Waals surface area contributed by atoms with Crippen LogP contribution in [0, 0.1) is 0 Å². The van der Waals surface area contributed by atoms with Gasteiger partial charge in [0.15, 0.2) is 0 Å². The van der Waals surface area contributed by atoms with E-state index < -0.39 is 11.5 Å². The third-order valence-corrected chi connectivity index (χ3v) is 2.92. The van der Waals surface area contributed by atoms with Crippen LogP contribution in [0.25, 0.3) is 0 Å². The first-order valence-corrected chi connectivity index (χ1v) is 6.72. The van der Waals surface area contributed by atoms with Gasteiger partial charge in [-0.15, -0.1) is 0 Å². The van der Waals surface area contributed by atoms with Gasteiger partial charge in [-0.05, 0) is 26.8 Å². The Hall–Kier alpha value is -1.59. The molecule has 2 unspecified atom stereocenters. The summed E-state index contributed by atoms with van der Waals surface area (Å²) in [6, 6.07) is 7.22. The van der Waals surface area contributed by atoms with E-state index in [9.17, 15) is 9.90 Å². The van der Waals surface area contributed by atoms with E-state index in [-0.39, 0.29) is 12.7 Å². The highest BCUT2D eigenvalue weighted by atomic mass is 16.5. The summed E-state index contributed by atoms with van der Waals surface area (Å²) in [5.74, 6) is 0.160. The maximum absolute atomic E-state index is 11.7. The van der Waals surface area contributed by atoms with E-state index in [4.69, 9.17) is 15.2 Å². The number of nitrogens with two attached hydrogens (primary N) is 1. The van der Waals surface area contributed by atoms with Crippen LogP contribution < -0.4 is 10.5 Å². The molecule has 2 atom stereocenters. The van der Waals surface area contributed by atoms with Crippen LogP contribution in [-0.4, -0.2) is 29.3 Å². The van der Waals surface area contributed by atoms with Gasteiger partial charge in [-0.2, -0.15) is 0 Å². The molecule has 0 aliphatic carbocycles. The minimum absolute atomic E-state index is 0.0966. The molecule has 5 nitrogen and oxygen atoms in total. The van der Waals surface area contributed by atoms with Crippen molar-refractivity contribution < 1.29 is 19.4 Å². The van der Waals surface area contributed by atoms with E-state index in [0.717, 1.165) is 0 Å². The molecule has 3 N–H and O–H groups in total. The van der Waals surface area contributed by atoms with Gasteiger partial charge in [-0.1, -0.05) is 18.2 Å². The highest BCUT2D eigenvalue weighted by molar-refractivity contribution is 5.80.